The summed E-state index contributed by atoms with van der Waals surface area (Å²) in [5, 5.41) is 3.39. The fourth-order valence-corrected chi connectivity index (χ4v) is 1.58. The van der Waals surface area contributed by atoms with Crippen molar-refractivity contribution in [2.24, 2.45) is 5.92 Å². The van der Waals surface area contributed by atoms with Gasteiger partial charge in [0.15, 0.2) is 0 Å². The van der Waals surface area contributed by atoms with Gasteiger partial charge in [0, 0.05) is 6.04 Å². The lowest BCUT2D eigenvalue weighted by Gasteiger charge is -2.19. The molecule has 0 aliphatic rings. The van der Waals surface area contributed by atoms with Crippen molar-refractivity contribution in [3.63, 3.8) is 0 Å². The standard InChI is InChI=1S/C12H25NO2/c1-5-7-13-11(8-10(3)4)9-12(14)15-6-2/h10-11,13H,5-9H2,1-4H3. The first-order valence-corrected chi connectivity index (χ1v) is 5.99. The first-order chi connectivity index (χ1) is 7.10. The van der Waals surface area contributed by atoms with Gasteiger partial charge in [-0.05, 0) is 32.2 Å². The maximum Gasteiger partial charge on any atom is 0.307 e. The van der Waals surface area contributed by atoms with Gasteiger partial charge in [0.1, 0.15) is 0 Å². The van der Waals surface area contributed by atoms with E-state index in [4.69, 9.17) is 4.74 Å². The summed E-state index contributed by atoms with van der Waals surface area (Å²) in [6.07, 6.45) is 2.61. The van der Waals surface area contributed by atoms with E-state index in [9.17, 15) is 4.79 Å². The van der Waals surface area contributed by atoms with E-state index < -0.39 is 0 Å². The highest BCUT2D eigenvalue weighted by Crippen LogP contribution is 2.08. The molecule has 0 amide bonds. The van der Waals surface area contributed by atoms with Crippen LogP contribution in [0, 0.1) is 5.92 Å². The molecule has 0 saturated heterocycles. The van der Waals surface area contributed by atoms with Crippen LogP contribution in [0.3, 0.4) is 0 Å². The monoisotopic (exact) mass is 215 g/mol. The number of hydrogen-bond donors (Lipinski definition) is 1. The smallest absolute Gasteiger partial charge is 0.307 e. The van der Waals surface area contributed by atoms with Crippen LogP contribution in [0.15, 0.2) is 0 Å². The van der Waals surface area contributed by atoms with Crippen molar-refractivity contribution in [3.8, 4) is 0 Å². The topological polar surface area (TPSA) is 38.3 Å². The van der Waals surface area contributed by atoms with Crippen LogP contribution in [0.4, 0.5) is 0 Å². The Kier molecular flexibility index (Phi) is 8.38. The Hall–Kier alpha value is -0.570. The normalized spacial score (nSPS) is 12.9. The molecule has 0 aromatic rings. The number of nitrogens with one attached hydrogen (secondary N) is 1. The minimum absolute atomic E-state index is 0.0910. The maximum absolute atomic E-state index is 11.3. The van der Waals surface area contributed by atoms with E-state index >= 15 is 0 Å². The molecule has 0 fully saturated rings. The van der Waals surface area contributed by atoms with E-state index in [1.807, 2.05) is 6.92 Å². The zero-order valence-electron chi connectivity index (χ0n) is 10.5. The van der Waals surface area contributed by atoms with Crippen LogP contribution < -0.4 is 5.32 Å². The van der Waals surface area contributed by atoms with Crippen molar-refractivity contribution in [2.45, 2.75) is 53.0 Å². The summed E-state index contributed by atoms with van der Waals surface area (Å²) in [6.45, 7) is 9.76. The average Bonchev–Trinajstić information content (AvgIpc) is 2.13. The molecule has 0 radical (unpaired) electrons. The number of hydrogen-bond acceptors (Lipinski definition) is 3. The highest BCUT2D eigenvalue weighted by atomic mass is 16.5. The van der Waals surface area contributed by atoms with Gasteiger partial charge in [-0.25, -0.2) is 0 Å². The number of carbonyl (C=O) groups excluding carboxylic acids is 1. The Morgan fingerprint density at radius 1 is 1.33 bits per heavy atom. The van der Waals surface area contributed by atoms with E-state index in [-0.39, 0.29) is 12.0 Å². The molecule has 0 saturated carbocycles. The van der Waals surface area contributed by atoms with Crippen molar-refractivity contribution < 1.29 is 9.53 Å². The molecule has 1 N–H and O–H groups in total. The Balaban J connectivity index is 3.93. The second-order valence-electron chi connectivity index (χ2n) is 4.29. The zero-order valence-corrected chi connectivity index (χ0v) is 10.5. The minimum atomic E-state index is -0.0910. The van der Waals surface area contributed by atoms with Crippen molar-refractivity contribution in [3.05, 3.63) is 0 Å². The van der Waals surface area contributed by atoms with Crippen LogP contribution in [-0.2, 0) is 9.53 Å². The van der Waals surface area contributed by atoms with Crippen molar-refractivity contribution in [1.29, 1.82) is 0 Å². The Bertz CT molecular complexity index is 169. The SMILES string of the molecule is CCCNC(CC(=O)OCC)CC(C)C. The van der Waals surface area contributed by atoms with Crippen LogP contribution in [0.5, 0.6) is 0 Å². The Morgan fingerprint density at radius 3 is 2.47 bits per heavy atom. The lowest BCUT2D eigenvalue weighted by molar-refractivity contribution is -0.143. The molecule has 3 nitrogen and oxygen atoms in total. The first-order valence-electron chi connectivity index (χ1n) is 5.99. The summed E-state index contributed by atoms with van der Waals surface area (Å²) >= 11 is 0. The quantitative estimate of drug-likeness (QED) is 0.632. The van der Waals surface area contributed by atoms with E-state index in [1.54, 1.807) is 0 Å². The maximum atomic E-state index is 11.3. The summed E-state index contributed by atoms with van der Waals surface area (Å²) in [5.74, 6) is 0.514. The summed E-state index contributed by atoms with van der Waals surface area (Å²) in [6, 6.07) is 0.268. The second kappa shape index (κ2) is 8.72. The van der Waals surface area contributed by atoms with Gasteiger partial charge in [-0.2, -0.15) is 0 Å². The number of esters is 1. The molecule has 0 bridgehead atoms. The van der Waals surface area contributed by atoms with Gasteiger partial charge < -0.3 is 10.1 Å². The molecular formula is C12H25NO2. The Labute approximate surface area is 93.6 Å². The molecule has 15 heavy (non-hydrogen) atoms. The summed E-state index contributed by atoms with van der Waals surface area (Å²) in [4.78, 5) is 11.3. The molecule has 0 heterocycles. The molecule has 0 aliphatic heterocycles. The molecule has 0 rings (SSSR count). The van der Waals surface area contributed by atoms with Gasteiger partial charge >= 0.3 is 5.97 Å². The van der Waals surface area contributed by atoms with Gasteiger partial charge in [0.2, 0.25) is 0 Å². The van der Waals surface area contributed by atoms with Crippen LogP contribution in [0.1, 0.15) is 47.0 Å². The van der Waals surface area contributed by atoms with Crippen LogP contribution >= 0.6 is 0 Å². The predicted molar refractivity (Wildman–Crippen MR) is 62.8 cm³/mol. The van der Waals surface area contributed by atoms with Gasteiger partial charge in [-0.15, -0.1) is 0 Å². The summed E-state index contributed by atoms with van der Waals surface area (Å²) in [7, 11) is 0. The largest absolute Gasteiger partial charge is 0.466 e. The van der Waals surface area contributed by atoms with Crippen LogP contribution in [0.25, 0.3) is 0 Å². The zero-order chi connectivity index (χ0) is 11.7. The van der Waals surface area contributed by atoms with Crippen LogP contribution in [-0.4, -0.2) is 25.2 Å². The number of ether oxygens (including phenoxy) is 1. The van der Waals surface area contributed by atoms with E-state index in [0.29, 0.717) is 18.9 Å². The van der Waals surface area contributed by atoms with Crippen LogP contribution in [0.2, 0.25) is 0 Å². The summed E-state index contributed by atoms with van der Waals surface area (Å²) < 4.78 is 4.95. The summed E-state index contributed by atoms with van der Waals surface area (Å²) in [5.41, 5.74) is 0. The van der Waals surface area contributed by atoms with Crippen molar-refractivity contribution in [1.82, 2.24) is 5.32 Å². The van der Waals surface area contributed by atoms with Gasteiger partial charge in [0.05, 0.1) is 13.0 Å². The number of carbonyl (C=O) groups is 1. The lowest BCUT2D eigenvalue weighted by atomic mass is 10.0. The Morgan fingerprint density at radius 2 is 2.00 bits per heavy atom. The van der Waals surface area contributed by atoms with E-state index in [1.165, 1.54) is 0 Å². The molecule has 0 aliphatic carbocycles. The van der Waals surface area contributed by atoms with Crippen molar-refractivity contribution in [2.75, 3.05) is 13.2 Å². The molecule has 90 valence electrons. The molecule has 1 atom stereocenters. The second-order valence-corrected chi connectivity index (χ2v) is 4.29. The molecule has 3 heteroatoms. The third-order valence-corrected chi connectivity index (χ3v) is 2.16. The third-order valence-electron chi connectivity index (χ3n) is 2.16. The van der Waals surface area contributed by atoms with Crippen molar-refractivity contribution >= 4 is 5.97 Å². The molecule has 0 aromatic carbocycles. The molecule has 1 unspecified atom stereocenters. The van der Waals surface area contributed by atoms with Gasteiger partial charge in [-0.1, -0.05) is 20.8 Å². The fraction of sp³-hybridized carbons (Fsp3) is 0.917. The molecule has 0 spiro atoms. The predicted octanol–water partition coefficient (Wildman–Crippen LogP) is 2.35. The highest BCUT2D eigenvalue weighted by molar-refractivity contribution is 5.70. The average molecular weight is 215 g/mol. The highest BCUT2D eigenvalue weighted by Gasteiger charge is 2.15. The molecule has 0 aromatic heterocycles. The fourth-order valence-electron chi connectivity index (χ4n) is 1.58. The van der Waals surface area contributed by atoms with Gasteiger partial charge in [-0.3, -0.25) is 4.79 Å². The number of rotatable bonds is 8. The van der Waals surface area contributed by atoms with E-state index in [0.717, 1.165) is 19.4 Å². The third kappa shape index (κ3) is 8.43. The minimum Gasteiger partial charge on any atom is -0.466 e. The lowest BCUT2D eigenvalue weighted by Crippen LogP contribution is -2.33. The van der Waals surface area contributed by atoms with Gasteiger partial charge in [0.25, 0.3) is 0 Å². The molecular weight excluding hydrogens is 190 g/mol. The van der Waals surface area contributed by atoms with E-state index in [2.05, 4.69) is 26.1 Å². The first kappa shape index (κ1) is 14.4.